The van der Waals surface area contributed by atoms with Crippen molar-refractivity contribution in [2.45, 2.75) is 44.3 Å². The first kappa shape index (κ1) is 19.8. The van der Waals surface area contributed by atoms with Gasteiger partial charge < -0.3 is 15.4 Å². The van der Waals surface area contributed by atoms with Gasteiger partial charge in [-0.3, -0.25) is 0 Å². The molecule has 5 nitrogen and oxygen atoms in total. The number of imidazole rings is 1. The number of aliphatic hydroxyl groups is 1. The van der Waals surface area contributed by atoms with Crippen molar-refractivity contribution in [3.8, 4) is 0 Å². The highest BCUT2D eigenvalue weighted by molar-refractivity contribution is 7.98. The van der Waals surface area contributed by atoms with Crippen LogP contribution in [0.3, 0.4) is 0 Å². The first-order chi connectivity index (χ1) is 12.6. The van der Waals surface area contributed by atoms with E-state index in [4.69, 9.17) is 5.73 Å². The molecule has 0 saturated heterocycles. The Morgan fingerprint density at radius 2 is 1.89 bits per heavy atom. The lowest BCUT2D eigenvalue weighted by atomic mass is 10.1. The fraction of sp³-hybridized carbons (Fsp3) is 0.444. The minimum Gasteiger partial charge on any atom is -0.389 e. The lowest BCUT2D eigenvalue weighted by molar-refractivity contribution is -0.129. The fourth-order valence-corrected chi connectivity index (χ4v) is 3.85. The van der Waals surface area contributed by atoms with Gasteiger partial charge in [-0.25, -0.2) is 9.97 Å². The van der Waals surface area contributed by atoms with Crippen LogP contribution in [-0.4, -0.2) is 37.2 Å². The number of hydrogen-bond acceptors (Lipinski definition) is 5. The number of nitrogens with two attached hydrogens (primary N) is 1. The van der Waals surface area contributed by atoms with E-state index in [2.05, 4.69) is 9.97 Å². The van der Waals surface area contributed by atoms with Crippen molar-refractivity contribution in [2.24, 2.45) is 0 Å². The molecule has 3 aromatic rings. The molecule has 2 heterocycles. The molecule has 0 saturated carbocycles. The van der Waals surface area contributed by atoms with Crippen LogP contribution < -0.4 is 5.73 Å². The summed E-state index contributed by atoms with van der Waals surface area (Å²) in [5.41, 5.74) is 7.00. The van der Waals surface area contributed by atoms with Crippen LogP contribution in [0.15, 0.2) is 24.3 Å². The van der Waals surface area contributed by atoms with Crippen molar-refractivity contribution in [1.82, 2.24) is 14.5 Å². The van der Waals surface area contributed by atoms with Gasteiger partial charge in [0.25, 0.3) is 0 Å². The fourth-order valence-electron chi connectivity index (χ4n) is 2.92. The number of aromatic nitrogens is 3. The number of benzene rings is 1. The Kier molecular flexibility index (Phi) is 5.27. The molecule has 0 bridgehead atoms. The molecule has 0 aliphatic rings. The predicted octanol–water partition coefficient (Wildman–Crippen LogP) is 4.12. The summed E-state index contributed by atoms with van der Waals surface area (Å²) in [6, 6.07) is 7.46. The lowest BCUT2D eigenvalue weighted by Crippen LogP contribution is -2.27. The molecule has 1 aromatic carbocycles. The molecule has 146 valence electrons. The third-order valence-electron chi connectivity index (χ3n) is 4.00. The molecular formula is C18H21F3N4OS. The van der Waals surface area contributed by atoms with Gasteiger partial charge >= 0.3 is 6.18 Å². The normalized spacial score (nSPS) is 13.0. The highest BCUT2D eigenvalue weighted by Crippen LogP contribution is 2.31. The molecular weight excluding hydrogens is 377 g/mol. The van der Waals surface area contributed by atoms with Crippen LogP contribution in [0.25, 0.3) is 21.9 Å². The Labute approximate surface area is 158 Å². The second kappa shape index (κ2) is 7.20. The predicted molar refractivity (Wildman–Crippen MR) is 103 cm³/mol. The van der Waals surface area contributed by atoms with E-state index in [9.17, 15) is 18.3 Å². The molecule has 3 N–H and O–H groups in total. The second-order valence-electron chi connectivity index (χ2n) is 7.06. The number of nitrogens with zero attached hydrogens (tertiary/aromatic N) is 3. The van der Waals surface area contributed by atoms with E-state index in [1.807, 2.05) is 28.8 Å². The Balaban J connectivity index is 2.05. The molecule has 0 atom stereocenters. The summed E-state index contributed by atoms with van der Waals surface area (Å²) in [7, 11) is 0. The standard InChI is InChI=1S/C18H21F3N4OS/c1-17(2,26)10-25-13(9-27-8-7-18(19,20)21)24-14-15(25)11-5-3-4-6-12(11)23-16(14)22/h3-6,26H,7-10H2,1-2H3,(H2,22,23). The van der Waals surface area contributed by atoms with E-state index in [1.54, 1.807) is 13.8 Å². The van der Waals surface area contributed by atoms with E-state index >= 15 is 0 Å². The zero-order valence-electron chi connectivity index (χ0n) is 15.0. The van der Waals surface area contributed by atoms with Crippen LogP contribution in [0.2, 0.25) is 0 Å². The quantitative estimate of drug-likeness (QED) is 0.611. The van der Waals surface area contributed by atoms with Crippen molar-refractivity contribution in [2.75, 3.05) is 11.5 Å². The van der Waals surface area contributed by atoms with E-state index in [0.29, 0.717) is 16.9 Å². The van der Waals surface area contributed by atoms with Gasteiger partial charge in [-0.15, -0.1) is 0 Å². The molecule has 27 heavy (non-hydrogen) atoms. The summed E-state index contributed by atoms with van der Waals surface area (Å²) in [6.07, 6.45) is -5.03. The molecule has 0 amide bonds. The highest BCUT2D eigenvalue weighted by Gasteiger charge is 2.27. The number of rotatable bonds is 6. The summed E-state index contributed by atoms with van der Waals surface area (Å²) in [5, 5.41) is 11.2. The number of alkyl halides is 3. The van der Waals surface area contributed by atoms with Crippen molar-refractivity contribution in [3.05, 3.63) is 30.1 Å². The van der Waals surface area contributed by atoms with E-state index in [0.717, 1.165) is 22.7 Å². The maximum absolute atomic E-state index is 12.4. The Morgan fingerprint density at radius 1 is 1.19 bits per heavy atom. The van der Waals surface area contributed by atoms with Crippen molar-refractivity contribution >= 4 is 39.5 Å². The molecule has 0 spiro atoms. The lowest BCUT2D eigenvalue weighted by Gasteiger charge is -2.20. The first-order valence-electron chi connectivity index (χ1n) is 8.45. The van der Waals surface area contributed by atoms with Crippen LogP contribution >= 0.6 is 11.8 Å². The number of thioether (sulfide) groups is 1. The number of nitrogen functional groups attached to an aromatic ring is 1. The maximum Gasteiger partial charge on any atom is 0.389 e. The molecule has 0 aliphatic heterocycles. The number of fused-ring (bicyclic) bond motifs is 3. The van der Waals surface area contributed by atoms with E-state index < -0.39 is 18.2 Å². The van der Waals surface area contributed by atoms with Gasteiger partial charge in [-0.2, -0.15) is 24.9 Å². The zero-order valence-corrected chi connectivity index (χ0v) is 15.9. The van der Waals surface area contributed by atoms with Crippen molar-refractivity contribution in [3.63, 3.8) is 0 Å². The average molecular weight is 398 g/mol. The van der Waals surface area contributed by atoms with Crippen molar-refractivity contribution < 1.29 is 18.3 Å². The molecule has 9 heteroatoms. The third kappa shape index (κ3) is 4.65. The summed E-state index contributed by atoms with van der Waals surface area (Å²) in [4.78, 5) is 8.91. The smallest absolute Gasteiger partial charge is 0.389 e. The number of anilines is 1. The Hall–Kier alpha value is -2.00. The van der Waals surface area contributed by atoms with Crippen LogP contribution in [0.1, 0.15) is 26.1 Å². The Morgan fingerprint density at radius 3 is 2.56 bits per heavy atom. The topological polar surface area (TPSA) is 77.0 Å². The van der Waals surface area contributed by atoms with E-state index in [-0.39, 0.29) is 23.9 Å². The van der Waals surface area contributed by atoms with Gasteiger partial charge in [0.05, 0.1) is 35.4 Å². The van der Waals surface area contributed by atoms with Gasteiger partial charge in [0.1, 0.15) is 11.3 Å². The summed E-state index contributed by atoms with van der Waals surface area (Å²) >= 11 is 1.15. The van der Waals surface area contributed by atoms with Gasteiger partial charge in [-0.05, 0) is 19.9 Å². The maximum atomic E-state index is 12.4. The molecule has 0 unspecified atom stereocenters. The zero-order chi connectivity index (χ0) is 19.8. The van der Waals surface area contributed by atoms with Crippen LogP contribution in [0, 0.1) is 0 Å². The summed E-state index contributed by atoms with van der Waals surface area (Å²) < 4.78 is 39.0. The van der Waals surface area contributed by atoms with Crippen LogP contribution in [0.5, 0.6) is 0 Å². The number of halogens is 3. The number of hydrogen-bond donors (Lipinski definition) is 2. The van der Waals surface area contributed by atoms with Gasteiger partial charge in [0, 0.05) is 11.1 Å². The minimum absolute atomic E-state index is 0.0519. The van der Waals surface area contributed by atoms with Gasteiger partial charge in [-0.1, -0.05) is 18.2 Å². The Bertz CT molecular complexity index is 963. The number of pyridine rings is 1. The van der Waals surface area contributed by atoms with Gasteiger partial charge in [0.2, 0.25) is 0 Å². The monoisotopic (exact) mass is 398 g/mol. The minimum atomic E-state index is -4.18. The van der Waals surface area contributed by atoms with Crippen LogP contribution in [-0.2, 0) is 12.3 Å². The van der Waals surface area contributed by atoms with E-state index in [1.165, 1.54) is 0 Å². The van der Waals surface area contributed by atoms with Gasteiger partial charge in [0.15, 0.2) is 5.82 Å². The highest BCUT2D eigenvalue weighted by atomic mass is 32.2. The molecule has 0 aliphatic carbocycles. The molecule has 3 rings (SSSR count). The first-order valence-corrected chi connectivity index (χ1v) is 9.61. The second-order valence-corrected chi connectivity index (χ2v) is 8.16. The van der Waals surface area contributed by atoms with Crippen molar-refractivity contribution in [1.29, 1.82) is 0 Å². The summed E-state index contributed by atoms with van der Waals surface area (Å²) in [5.74, 6) is 1.07. The van der Waals surface area contributed by atoms with Crippen LogP contribution in [0.4, 0.5) is 19.0 Å². The third-order valence-corrected chi connectivity index (χ3v) is 4.95. The summed E-state index contributed by atoms with van der Waals surface area (Å²) in [6.45, 7) is 3.59. The number of para-hydroxylation sites is 1. The largest absolute Gasteiger partial charge is 0.389 e. The average Bonchev–Trinajstić information content (AvgIpc) is 2.88. The SMILES string of the molecule is CC(C)(O)Cn1c(CSCCC(F)(F)F)nc2c(N)nc3ccccc3c21. The molecule has 0 fully saturated rings. The molecule has 2 aromatic heterocycles. The molecule has 0 radical (unpaired) electrons.